The number of nitrogens with zero attached hydrogens (tertiary/aromatic N) is 7. The third-order valence-electron chi connectivity index (χ3n) is 6.34. The molecule has 0 atom stereocenters. The number of hydrogen-bond acceptors (Lipinski definition) is 8. The first-order chi connectivity index (χ1) is 15.9. The second-order valence-electron chi connectivity index (χ2n) is 8.97. The molecule has 0 spiro atoms. The van der Waals surface area contributed by atoms with Gasteiger partial charge in [0.25, 0.3) is 0 Å². The highest BCUT2D eigenvalue weighted by atomic mass is 16.5. The smallest absolute Gasteiger partial charge is 0.240 e. The van der Waals surface area contributed by atoms with E-state index in [1.54, 1.807) is 10.7 Å². The van der Waals surface area contributed by atoms with Crippen molar-refractivity contribution in [3.8, 4) is 11.3 Å². The van der Waals surface area contributed by atoms with Crippen LogP contribution >= 0.6 is 0 Å². The molecule has 0 amide bonds. The number of fused-ring (bicyclic) bond motifs is 2. The lowest BCUT2D eigenvalue weighted by atomic mass is 10.2. The molecule has 2 aliphatic rings. The van der Waals surface area contributed by atoms with Gasteiger partial charge in [-0.2, -0.15) is 4.98 Å². The van der Waals surface area contributed by atoms with Crippen LogP contribution < -0.4 is 11.5 Å². The van der Waals surface area contributed by atoms with E-state index in [9.17, 15) is 0 Å². The summed E-state index contributed by atoms with van der Waals surface area (Å²) in [5.41, 5.74) is 15.8. The van der Waals surface area contributed by atoms with Gasteiger partial charge in [-0.25, -0.2) is 14.5 Å². The molecule has 2 fully saturated rings. The topological polar surface area (TPSA) is 125 Å². The molecule has 10 heteroatoms. The van der Waals surface area contributed by atoms with Crippen LogP contribution in [0, 0.1) is 6.92 Å². The molecule has 0 unspecified atom stereocenters. The number of pyridine rings is 1. The molecule has 2 saturated heterocycles. The Morgan fingerprint density at radius 2 is 1.79 bits per heavy atom. The normalized spacial score (nSPS) is 17.0. The number of nitrogens with two attached hydrogens (primary N) is 2. The minimum absolute atomic E-state index is 0.138. The second-order valence-corrected chi connectivity index (χ2v) is 8.97. The highest BCUT2D eigenvalue weighted by molar-refractivity contribution is 5.88. The minimum Gasteiger partial charge on any atom is -0.382 e. The van der Waals surface area contributed by atoms with Crippen LogP contribution in [0.4, 0.5) is 11.8 Å². The number of nitrogen functional groups attached to an aromatic ring is 2. The third-order valence-corrected chi connectivity index (χ3v) is 6.34. The molecule has 4 N–H and O–H groups in total. The lowest BCUT2D eigenvalue weighted by Gasteiger charge is -2.34. The summed E-state index contributed by atoms with van der Waals surface area (Å²) in [4.78, 5) is 16.0. The Morgan fingerprint density at radius 1 is 1.03 bits per heavy atom. The number of likely N-dealkylation sites (tertiary alicyclic amines) is 1. The van der Waals surface area contributed by atoms with Gasteiger partial charge in [0, 0.05) is 17.8 Å². The summed E-state index contributed by atoms with van der Waals surface area (Å²) in [6.45, 7) is 10.8. The van der Waals surface area contributed by atoms with Crippen molar-refractivity contribution in [2.75, 3.05) is 37.8 Å². The van der Waals surface area contributed by atoms with Gasteiger partial charge in [0.05, 0.1) is 24.9 Å². The minimum atomic E-state index is 0.138. The number of anilines is 2. The van der Waals surface area contributed by atoms with Crippen molar-refractivity contribution >= 4 is 28.4 Å². The van der Waals surface area contributed by atoms with Crippen molar-refractivity contribution in [3.05, 3.63) is 30.2 Å². The van der Waals surface area contributed by atoms with Gasteiger partial charge in [-0.3, -0.25) is 4.90 Å². The van der Waals surface area contributed by atoms with Gasteiger partial charge in [-0.05, 0) is 64.9 Å². The highest BCUT2D eigenvalue weighted by Crippen LogP contribution is 2.29. The van der Waals surface area contributed by atoms with Crippen LogP contribution in [0.5, 0.6) is 0 Å². The molecule has 4 aromatic rings. The maximum atomic E-state index is 6.04. The average molecular weight is 450 g/mol. The number of hydrogen-bond donors (Lipinski definition) is 2. The van der Waals surface area contributed by atoms with Crippen molar-refractivity contribution in [2.24, 2.45) is 0 Å². The van der Waals surface area contributed by atoms with Crippen LogP contribution in [0.25, 0.3) is 27.9 Å². The van der Waals surface area contributed by atoms with Crippen LogP contribution in [0.1, 0.15) is 38.6 Å². The van der Waals surface area contributed by atoms with E-state index in [-0.39, 0.29) is 12.0 Å². The maximum Gasteiger partial charge on any atom is 0.240 e. The molecule has 6 rings (SSSR count). The molecule has 0 radical (unpaired) electrons. The summed E-state index contributed by atoms with van der Waals surface area (Å²) < 4.78 is 8.85. The van der Waals surface area contributed by atoms with E-state index in [0.717, 1.165) is 47.5 Å². The standard InChI is InChI=1S/C16H18N8.C7H13NO/c1-8(2)24-9(3)19-12-5-4-11(20-15(12)24)10-6-7-23-13(10)14(17)21-16(18)22-23;1-2-4-8(3-1)7-5-9-6-7/h4-8H,1-3H3,(H4,17,18,21,22);7H,1-6H2. The highest BCUT2D eigenvalue weighted by Gasteiger charge is 2.27. The van der Waals surface area contributed by atoms with E-state index in [1.165, 1.54) is 25.9 Å². The fourth-order valence-corrected chi connectivity index (χ4v) is 4.67. The summed E-state index contributed by atoms with van der Waals surface area (Å²) in [7, 11) is 0. The van der Waals surface area contributed by atoms with Gasteiger partial charge in [0.1, 0.15) is 16.9 Å². The van der Waals surface area contributed by atoms with Gasteiger partial charge in [0.15, 0.2) is 11.5 Å². The predicted molar refractivity (Wildman–Crippen MR) is 129 cm³/mol. The van der Waals surface area contributed by atoms with Crippen molar-refractivity contribution in [2.45, 2.75) is 45.7 Å². The predicted octanol–water partition coefficient (Wildman–Crippen LogP) is 2.68. The van der Waals surface area contributed by atoms with E-state index in [0.29, 0.717) is 11.3 Å². The zero-order chi connectivity index (χ0) is 23.1. The Morgan fingerprint density at radius 3 is 2.45 bits per heavy atom. The molecule has 0 saturated carbocycles. The average Bonchev–Trinajstić information content (AvgIpc) is 3.44. The molecular weight excluding hydrogens is 418 g/mol. The summed E-state index contributed by atoms with van der Waals surface area (Å²) in [5, 5.41) is 4.15. The zero-order valence-electron chi connectivity index (χ0n) is 19.4. The molecule has 0 aromatic carbocycles. The number of aryl methyl sites for hydroxylation is 1. The first-order valence-corrected chi connectivity index (χ1v) is 11.5. The third kappa shape index (κ3) is 4.00. The molecule has 0 bridgehead atoms. The Balaban J connectivity index is 0.000000211. The Bertz CT molecular complexity index is 1280. The Kier molecular flexibility index (Phi) is 5.63. The molecule has 4 aromatic heterocycles. The fourth-order valence-electron chi connectivity index (χ4n) is 4.67. The number of aromatic nitrogens is 6. The monoisotopic (exact) mass is 449 g/mol. The van der Waals surface area contributed by atoms with Gasteiger partial charge in [0.2, 0.25) is 5.95 Å². The van der Waals surface area contributed by atoms with Gasteiger partial charge in [-0.15, -0.1) is 5.10 Å². The Labute approximate surface area is 192 Å². The summed E-state index contributed by atoms with van der Waals surface area (Å²) in [6, 6.07) is 6.88. The summed E-state index contributed by atoms with van der Waals surface area (Å²) >= 11 is 0. The van der Waals surface area contributed by atoms with E-state index >= 15 is 0 Å². The molecular formula is C23H31N9O. The number of ether oxygens (including phenoxy) is 1. The first kappa shape index (κ1) is 21.6. The number of imidazole rings is 1. The van der Waals surface area contributed by atoms with E-state index < -0.39 is 0 Å². The lowest BCUT2D eigenvalue weighted by molar-refractivity contribution is -0.0569. The van der Waals surface area contributed by atoms with Gasteiger partial charge < -0.3 is 20.8 Å². The van der Waals surface area contributed by atoms with Crippen molar-refractivity contribution in [1.82, 2.24) is 34.0 Å². The van der Waals surface area contributed by atoms with Gasteiger partial charge >= 0.3 is 0 Å². The SMILES string of the molecule is C1CCN(C2COC2)C1.Cc1nc2ccc(-c3ccn4nc(N)nc(N)c34)nc2n1C(C)C. The maximum absolute atomic E-state index is 6.04. The molecule has 10 nitrogen and oxygen atoms in total. The van der Waals surface area contributed by atoms with Crippen LogP contribution in [0.3, 0.4) is 0 Å². The lowest BCUT2D eigenvalue weighted by Crippen LogP contribution is -2.47. The Hall–Kier alpha value is -3.24. The van der Waals surface area contributed by atoms with Gasteiger partial charge in [-0.1, -0.05) is 0 Å². The molecule has 6 heterocycles. The largest absolute Gasteiger partial charge is 0.382 e. The molecule has 33 heavy (non-hydrogen) atoms. The van der Waals surface area contributed by atoms with E-state index in [2.05, 4.69) is 38.4 Å². The first-order valence-electron chi connectivity index (χ1n) is 11.5. The molecule has 174 valence electrons. The van der Waals surface area contributed by atoms with Crippen LogP contribution in [0.2, 0.25) is 0 Å². The molecule has 0 aliphatic carbocycles. The quantitative estimate of drug-likeness (QED) is 0.489. The summed E-state index contributed by atoms with van der Waals surface area (Å²) in [5.74, 6) is 1.42. The summed E-state index contributed by atoms with van der Waals surface area (Å²) in [6.07, 6.45) is 4.60. The zero-order valence-corrected chi connectivity index (χ0v) is 19.4. The van der Waals surface area contributed by atoms with E-state index in [4.69, 9.17) is 21.2 Å². The number of rotatable bonds is 3. The van der Waals surface area contributed by atoms with Crippen molar-refractivity contribution in [3.63, 3.8) is 0 Å². The van der Waals surface area contributed by atoms with Crippen molar-refractivity contribution < 1.29 is 4.74 Å². The van der Waals surface area contributed by atoms with Crippen LogP contribution in [-0.4, -0.2) is 66.4 Å². The van der Waals surface area contributed by atoms with Crippen molar-refractivity contribution in [1.29, 1.82) is 0 Å². The van der Waals surface area contributed by atoms with Crippen LogP contribution in [-0.2, 0) is 4.74 Å². The fraction of sp³-hybridized carbons (Fsp3) is 0.478. The van der Waals surface area contributed by atoms with Crippen LogP contribution in [0.15, 0.2) is 24.4 Å². The molecule has 2 aliphatic heterocycles. The second kappa shape index (κ2) is 8.60. The van der Waals surface area contributed by atoms with E-state index in [1.807, 2.05) is 25.1 Å².